The number of rotatable bonds is 3. The van der Waals surface area contributed by atoms with Gasteiger partial charge in [0.1, 0.15) is 17.3 Å². The molecule has 122 valence electrons. The molecule has 6 nitrogen and oxygen atoms in total. The number of hydrogen-bond donors (Lipinski definition) is 3. The van der Waals surface area contributed by atoms with E-state index in [1.165, 1.54) is 6.08 Å². The third-order valence-corrected chi connectivity index (χ3v) is 3.63. The zero-order valence-corrected chi connectivity index (χ0v) is 13.6. The lowest BCUT2D eigenvalue weighted by Crippen LogP contribution is -2.53. The average Bonchev–Trinajstić information content (AvgIpc) is 2.97. The molecule has 1 aliphatic heterocycles. The molecular formula is C16H11Cl2N3O3. The molecule has 3 N–H and O–H groups in total. The molecule has 1 aromatic heterocycles. The number of amides is 4. The summed E-state index contributed by atoms with van der Waals surface area (Å²) in [5, 5.41) is 8.02. The Bertz CT molecular complexity index is 853. The van der Waals surface area contributed by atoms with Crippen molar-refractivity contribution >= 4 is 41.3 Å². The van der Waals surface area contributed by atoms with E-state index in [2.05, 4.69) is 10.6 Å². The summed E-state index contributed by atoms with van der Waals surface area (Å²) in [6.07, 6.45) is 4.84. The van der Waals surface area contributed by atoms with E-state index < -0.39 is 12.1 Å². The lowest BCUT2D eigenvalue weighted by Gasteiger charge is -2.16. The Labute approximate surface area is 147 Å². The number of carbonyl (C=O) groups excluding carboxylic acids is 2. The first-order chi connectivity index (χ1) is 11.5. The smallest absolute Gasteiger partial charge is 0.328 e. The van der Waals surface area contributed by atoms with Gasteiger partial charge in [0.15, 0.2) is 0 Å². The second-order valence-corrected chi connectivity index (χ2v) is 5.64. The van der Waals surface area contributed by atoms with Gasteiger partial charge in [-0.3, -0.25) is 16.0 Å². The molecule has 0 spiro atoms. The Morgan fingerprint density at radius 2 is 1.71 bits per heavy atom. The molecule has 1 aromatic carbocycles. The lowest BCUT2D eigenvalue weighted by molar-refractivity contribution is 0.224. The number of furan rings is 1. The van der Waals surface area contributed by atoms with E-state index in [0.717, 1.165) is 0 Å². The maximum atomic E-state index is 11.1. The highest BCUT2D eigenvalue weighted by Gasteiger charge is 2.16. The van der Waals surface area contributed by atoms with Crippen LogP contribution in [0.2, 0.25) is 10.0 Å². The van der Waals surface area contributed by atoms with Crippen molar-refractivity contribution in [3.63, 3.8) is 0 Å². The van der Waals surface area contributed by atoms with Gasteiger partial charge >= 0.3 is 12.1 Å². The Morgan fingerprint density at radius 1 is 0.958 bits per heavy atom. The highest BCUT2D eigenvalue weighted by molar-refractivity contribution is 6.35. The van der Waals surface area contributed by atoms with Gasteiger partial charge in [-0.25, -0.2) is 9.59 Å². The van der Waals surface area contributed by atoms with E-state index in [0.29, 0.717) is 27.1 Å². The molecule has 2 heterocycles. The van der Waals surface area contributed by atoms with Crippen molar-refractivity contribution < 1.29 is 14.0 Å². The summed E-state index contributed by atoms with van der Waals surface area (Å²) in [5.74, 6) is 1.42. The molecule has 2 aromatic rings. The van der Waals surface area contributed by atoms with Gasteiger partial charge in [-0.05, 0) is 42.5 Å². The molecule has 24 heavy (non-hydrogen) atoms. The molecule has 1 fully saturated rings. The molecule has 0 bridgehead atoms. The van der Waals surface area contributed by atoms with Gasteiger partial charge in [0, 0.05) is 10.6 Å². The Morgan fingerprint density at radius 3 is 2.46 bits per heavy atom. The molecule has 1 aliphatic rings. The van der Waals surface area contributed by atoms with Crippen molar-refractivity contribution in [1.29, 1.82) is 0 Å². The fourth-order valence-corrected chi connectivity index (χ4v) is 2.42. The van der Waals surface area contributed by atoms with E-state index in [9.17, 15) is 9.59 Å². The van der Waals surface area contributed by atoms with Crippen molar-refractivity contribution in [3.8, 4) is 11.3 Å². The molecule has 0 radical (unpaired) electrons. The van der Waals surface area contributed by atoms with Crippen molar-refractivity contribution in [2.24, 2.45) is 0 Å². The SMILES string of the molecule is O=C1NC(=O)NC(=C/C=C/c2ccc(-c3cc(Cl)ccc3Cl)o2)N1. The molecule has 0 aliphatic carbocycles. The van der Waals surface area contributed by atoms with E-state index in [1.54, 1.807) is 42.5 Å². The number of nitrogens with one attached hydrogen (secondary N) is 3. The molecule has 8 heteroatoms. The van der Waals surface area contributed by atoms with Crippen LogP contribution < -0.4 is 16.0 Å². The third-order valence-electron chi connectivity index (χ3n) is 3.07. The van der Waals surface area contributed by atoms with Gasteiger partial charge in [-0.15, -0.1) is 0 Å². The van der Waals surface area contributed by atoms with Gasteiger partial charge in [0.25, 0.3) is 0 Å². The number of halogens is 2. The predicted octanol–water partition coefficient (Wildman–Crippen LogP) is 4.13. The summed E-state index contributed by atoms with van der Waals surface area (Å²) in [6, 6.07) is 7.48. The summed E-state index contributed by atoms with van der Waals surface area (Å²) in [4.78, 5) is 22.3. The van der Waals surface area contributed by atoms with Gasteiger partial charge < -0.3 is 4.42 Å². The van der Waals surface area contributed by atoms with Crippen molar-refractivity contribution in [3.05, 3.63) is 64.1 Å². The molecule has 0 unspecified atom stereocenters. The van der Waals surface area contributed by atoms with E-state index >= 15 is 0 Å². The van der Waals surface area contributed by atoms with Crippen LogP contribution in [0.1, 0.15) is 5.76 Å². The maximum Gasteiger partial charge on any atom is 0.328 e. The van der Waals surface area contributed by atoms with Gasteiger partial charge in [-0.1, -0.05) is 29.3 Å². The van der Waals surface area contributed by atoms with Crippen LogP contribution in [0, 0.1) is 0 Å². The Kier molecular flexibility index (Phi) is 4.59. The summed E-state index contributed by atoms with van der Waals surface area (Å²) in [6.45, 7) is 0. The minimum absolute atomic E-state index is 0.268. The van der Waals surface area contributed by atoms with Crippen LogP contribution in [0.4, 0.5) is 9.59 Å². The topological polar surface area (TPSA) is 83.4 Å². The highest BCUT2D eigenvalue weighted by Crippen LogP contribution is 2.32. The van der Waals surface area contributed by atoms with Crippen LogP contribution in [0.25, 0.3) is 17.4 Å². The fraction of sp³-hybridized carbons (Fsp3) is 0. The van der Waals surface area contributed by atoms with Crippen molar-refractivity contribution in [2.45, 2.75) is 0 Å². The minimum Gasteiger partial charge on any atom is -0.457 e. The Hall–Kier alpha value is -2.70. The molecular weight excluding hydrogens is 353 g/mol. The maximum absolute atomic E-state index is 11.1. The number of imide groups is 1. The van der Waals surface area contributed by atoms with Crippen molar-refractivity contribution in [1.82, 2.24) is 16.0 Å². The van der Waals surface area contributed by atoms with Crippen LogP contribution in [0.15, 0.2) is 52.7 Å². The second-order valence-electron chi connectivity index (χ2n) is 4.80. The summed E-state index contributed by atoms with van der Waals surface area (Å²) < 4.78 is 5.69. The van der Waals surface area contributed by atoms with Gasteiger partial charge in [0.05, 0.1) is 5.02 Å². The first kappa shape index (κ1) is 16.2. The average molecular weight is 364 g/mol. The first-order valence-electron chi connectivity index (χ1n) is 6.84. The zero-order valence-electron chi connectivity index (χ0n) is 12.1. The second kappa shape index (κ2) is 6.82. The van der Waals surface area contributed by atoms with Gasteiger partial charge in [-0.2, -0.15) is 0 Å². The van der Waals surface area contributed by atoms with Crippen LogP contribution in [0.3, 0.4) is 0 Å². The quantitative estimate of drug-likeness (QED) is 0.766. The Balaban J connectivity index is 1.75. The molecule has 0 atom stereocenters. The monoisotopic (exact) mass is 363 g/mol. The molecule has 1 saturated heterocycles. The first-order valence-corrected chi connectivity index (χ1v) is 7.59. The highest BCUT2D eigenvalue weighted by atomic mass is 35.5. The number of carbonyl (C=O) groups is 2. The number of hydrogen-bond acceptors (Lipinski definition) is 3. The van der Waals surface area contributed by atoms with Crippen LogP contribution in [0.5, 0.6) is 0 Å². The molecule has 0 saturated carbocycles. The standard InChI is InChI=1S/C16H11Cl2N3O3/c17-9-4-6-12(18)11(8-9)13-7-5-10(24-13)2-1-3-14-19-15(22)21-16(23)20-14/h1-8H,(H3,19,20,21,22,23)/b2-1+. The van der Waals surface area contributed by atoms with Crippen molar-refractivity contribution in [2.75, 3.05) is 0 Å². The molecule has 4 amide bonds. The van der Waals surface area contributed by atoms with Gasteiger partial charge in [0.2, 0.25) is 0 Å². The number of urea groups is 2. The molecule has 3 rings (SSSR count). The predicted molar refractivity (Wildman–Crippen MR) is 91.5 cm³/mol. The van der Waals surface area contributed by atoms with E-state index in [-0.39, 0.29) is 5.82 Å². The zero-order chi connectivity index (χ0) is 17.1. The summed E-state index contributed by atoms with van der Waals surface area (Å²) in [5.41, 5.74) is 0.694. The largest absolute Gasteiger partial charge is 0.457 e. The lowest BCUT2D eigenvalue weighted by atomic mass is 10.2. The number of allylic oxidation sites excluding steroid dienone is 2. The number of benzene rings is 1. The van der Waals surface area contributed by atoms with E-state index in [4.69, 9.17) is 27.6 Å². The third kappa shape index (κ3) is 3.79. The summed E-state index contributed by atoms with van der Waals surface area (Å²) >= 11 is 12.1. The van der Waals surface area contributed by atoms with Crippen LogP contribution >= 0.6 is 23.2 Å². The van der Waals surface area contributed by atoms with E-state index in [1.807, 2.05) is 5.32 Å². The normalized spacial score (nSPS) is 14.3. The fourth-order valence-electron chi connectivity index (χ4n) is 2.04. The minimum atomic E-state index is -0.589. The summed E-state index contributed by atoms with van der Waals surface area (Å²) in [7, 11) is 0. The van der Waals surface area contributed by atoms with Crippen LogP contribution in [-0.4, -0.2) is 12.1 Å². The van der Waals surface area contributed by atoms with Crippen LogP contribution in [-0.2, 0) is 0 Å².